The number of nitrogens with zero attached hydrogens (tertiary/aromatic N) is 1. The summed E-state index contributed by atoms with van der Waals surface area (Å²) in [5, 5.41) is 3.77. The molecule has 3 rings (SSSR count). The largest absolute Gasteiger partial charge is 0.380 e. The van der Waals surface area contributed by atoms with Gasteiger partial charge in [0.15, 0.2) is 0 Å². The molecule has 2 fully saturated rings. The van der Waals surface area contributed by atoms with Crippen molar-refractivity contribution in [3.05, 3.63) is 24.3 Å². The minimum absolute atomic E-state index is 0.357. The second-order valence-electron chi connectivity index (χ2n) is 6.28. The SMILES string of the molecule is CC1CC(Nc2ccccc2N2CCCC2)CC(C)O1. The van der Waals surface area contributed by atoms with Crippen LogP contribution in [0.25, 0.3) is 0 Å². The predicted molar refractivity (Wildman–Crippen MR) is 84.5 cm³/mol. The van der Waals surface area contributed by atoms with E-state index in [0.29, 0.717) is 18.2 Å². The van der Waals surface area contributed by atoms with Crippen molar-refractivity contribution in [1.82, 2.24) is 0 Å². The van der Waals surface area contributed by atoms with Gasteiger partial charge in [0.1, 0.15) is 0 Å². The standard InChI is InChI=1S/C17H26N2O/c1-13-11-15(12-14(2)20-13)18-16-7-3-4-8-17(16)19-9-5-6-10-19/h3-4,7-8,13-15,18H,5-6,9-12H2,1-2H3. The highest BCUT2D eigenvalue weighted by atomic mass is 16.5. The van der Waals surface area contributed by atoms with E-state index in [1.165, 1.54) is 37.3 Å². The number of anilines is 2. The minimum atomic E-state index is 0.357. The maximum atomic E-state index is 5.83. The van der Waals surface area contributed by atoms with E-state index < -0.39 is 0 Å². The lowest BCUT2D eigenvalue weighted by atomic mass is 9.99. The molecule has 3 heteroatoms. The molecule has 0 amide bonds. The molecule has 2 unspecified atom stereocenters. The van der Waals surface area contributed by atoms with Gasteiger partial charge in [0.05, 0.1) is 23.6 Å². The van der Waals surface area contributed by atoms with Gasteiger partial charge in [-0.25, -0.2) is 0 Å². The number of benzene rings is 1. The van der Waals surface area contributed by atoms with Crippen molar-refractivity contribution in [2.45, 2.75) is 57.8 Å². The van der Waals surface area contributed by atoms with Crippen molar-refractivity contribution >= 4 is 11.4 Å². The first-order valence-electron chi connectivity index (χ1n) is 7.98. The Labute approximate surface area is 122 Å². The highest BCUT2D eigenvalue weighted by molar-refractivity contribution is 5.70. The Balaban J connectivity index is 1.73. The summed E-state index contributed by atoms with van der Waals surface area (Å²) in [5.41, 5.74) is 2.66. The second-order valence-corrected chi connectivity index (χ2v) is 6.28. The van der Waals surface area contributed by atoms with E-state index in [4.69, 9.17) is 4.74 Å². The molecule has 110 valence electrons. The van der Waals surface area contributed by atoms with Crippen LogP contribution >= 0.6 is 0 Å². The molecule has 0 aromatic heterocycles. The summed E-state index contributed by atoms with van der Waals surface area (Å²) in [6.45, 7) is 6.74. The van der Waals surface area contributed by atoms with Crippen molar-refractivity contribution in [3.8, 4) is 0 Å². The van der Waals surface area contributed by atoms with E-state index in [1.54, 1.807) is 0 Å². The number of nitrogens with one attached hydrogen (secondary N) is 1. The van der Waals surface area contributed by atoms with Crippen LogP contribution in [-0.4, -0.2) is 31.3 Å². The van der Waals surface area contributed by atoms with Crippen LogP contribution in [0.1, 0.15) is 39.5 Å². The smallest absolute Gasteiger partial charge is 0.0602 e. The number of hydrogen-bond donors (Lipinski definition) is 1. The normalized spacial score (nSPS) is 30.5. The highest BCUT2D eigenvalue weighted by Gasteiger charge is 2.25. The van der Waals surface area contributed by atoms with Gasteiger partial charge < -0.3 is 15.0 Å². The topological polar surface area (TPSA) is 24.5 Å². The zero-order valence-corrected chi connectivity index (χ0v) is 12.6. The van der Waals surface area contributed by atoms with Crippen molar-refractivity contribution in [2.24, 2.45) is 0 Å². The third kappa shape index (κ3) is 3.09. The van der Waals surface area contributed by atoms with E-state index in [-0.39, 0.29) is 0 Å². The fourth-order valence-corrected chi connectivity index (χ4v) is 3.57. The molecular weight excluding hydrogens is 248 g/mol. The Hall–Kier alpha value is -1.22. The molecule has 2 atom stereocenters. The first-order valence-corrected chi connectivity index (χ1v) is 7.98. The quantitative estimate of drug-likeness (QED) is 0.910. The first kappa shape index (κ1) is 13.7. The minimum Gasteiger partial charge on any atom is -0.380 e. The Morgan fingerprint density at radius 1 is 1.05 bits per heavy atom. The molecule has 0 saturated carbocycles. The average Bonchev–Trinajstić information content (AvgIpc) is 2.92. The third-order valence-electron chi connectivity index (χ3n) is 4.41. The predicted octanol–water partition coefficient (Wildman–Crippen LogP) is 3.65. The molecule has 20 heavy (non-hydrogen) atoms. The fraction of sp³-hybridized carbons (Fsp3) is 0.647. The van der Waals surface area contributed by atoms with Crippen molar-refractivity contribution in [3.63, 3.8) is 0 Å². The van der Waals surface area contributed by atoms with Crippen LogP contribution < -0.4 is 10.2 Å². The molecule has 0 bridgehead atoms. The molecule has 3 nitrogen and oxygen atoms in total. The molecular formula is C17H26N2O. The second kappa shape index (κ2) is 6.04. The average molecular weight is 274 g/mol. The van der Waals surface area contributed by atoms with Crippen LogP contribution in [0.15, 0.2) is 24.3 Å². The summed E-state index contributed by atoms with van der Waals surface area (Å²) < 4.78 is 5.83. The van der Waals surface area contributed by atoms with Gasteiger partial charge in [-0.15, -0.1) is 0 Å². The molecule has 2 heterocycles. The zero-order chi connectivity index (χ0) is 13.9. The number of rotatable bonds is 3. The van der Waals surface area contributed by atoms with E-state index >= 15 is 0 Å². The molecule has 1 aromatic carbocycles. The molecule has 2 saturated heterocycles. The van der Waals surface area contributed by atoms with E-state index in [1.807, 2.05) is 0 Å². The van der Waals surface area contributed by atoms with Gasteiger partial charge >= 0.3 is 0 Å². The molecule has 0 spiro atoms. The van der Waals surface area contributed by atoms with Gasteiger partial charge in [-0.3, -0.25) is 0 Å². The lowest BCUT2D eigenvalue weighted by molar-refractivity contribution is -0.0337. The monoisotopic (exact) mass is 274 g/mol. The molecule has 2 aliphatic rings. The lowest BCUT2D eigenvalue weighted by Gasteiger charge is -2.34. The van der Waals surface area contributed by atoms with Gasteiger partial charge in [-0.05, 0) is 51.7 Å². The third-order valence-corrected chi connectivity index (χ3v) is 4.41. The van der Waals surface area contributed by atoms with Gasteiger partial charge in [0, 0.05) is 19.1 Å². The molecule has 2 aliphatic heterocycles. The van der Waals surface area contributed by atoms with Gasteiger partial charge in [0.25, 0.3) is 0 Å². The Bertz CT molecular complexity index is 432. The number of para-hydroxylation sites is 2. The van der Waals surface area contributed by atoms with Crippen LogP contribution in [0.4, 0.5) is 11.4 Å². The van der Waals surface area contributed by atoms with Gasteiger partial charge in [-0.1, -0.05) is 12.1 Å². The summed E-state index contributed by atoms with van der Waals surface area (Å²) >= 11 is 0. The molecule has 1 N–H and O–H groups in total. The summed E-state index contributed by atoms with van der Waals surface area (Å²) in [6, 6.07) is 9.28. The maximum absolute atomic E-state index is 5.83. The zero-order valence-electron chi connectivity index (χ0n) is 12.6. The summed E-state index contributed by atoms with van der Waals surface area (Å²) in [6.07, 6.45) is 5.54. The Morgan fingerprint density at radius 2 is 1.70 bits per heavy atom. The molecule has 0 radical (unpaired) electrons. The van der Waals surface area contributed by atoms with Gasteiger partial charge in [0.2, 0.25) is 0 Å². The van der Waals surface area contributed by atoms with Crippen molar-refractivity contribution in [1.29, 1.82) is 0 Å². The summed E-state index contributed by atoms with van der Waals surface area (Å²) in [4.78, 5) is 2.51. The lowest BCUT2D eigenvalue weighted by Crippen LogP contribution is -2.37. The first-order chi connectivity index (χ1) is 9.72. The van der Waals surface area contributed by atoms with Crippen LogP contribution in [0.3, 0.4) is 0 Å². The maximum Gasteiger partial charge on any atom is 0.0602 e. The van der Waals surface area contributed by atoms with Gasteiger partial charge in [-0.2, -0.15) is 0 Å². The fourth-order valence-electron chi connectivity index (χ4n) is 3.57. The van der Waals surface area contributed by atoms with Crippen molar-refractivity contribution in [2.75, 3.05) is 23.3 Å². The molecule has 0 aliphatic carbocycles. The Kier molecular flexibility index (Phi) is 4.16. The Morgan fingerprint density at radius 3 is 2.40 bits per heavy atom. The summed E-state index contributed by atoms with van der Waals surface area (Å²) in [7, 11) is 0. The molecule has 1 aromatic rings. The summed E-state index contributed by atoms with van der Waals surface area (Å²) in [5.74, 6) is 0. The van der Waals surface area contributed by atoms with Crippen LogP contribution in [0, 0.1) is 0 Å². The van der Waals surface area contributed by atoms with Crippen LogP contribution in [0.5, 0.6) is 0 Å². The van der Waals surface area contributed by atoms with E-state index in [0.717, 1.165) is 12.8 Å². The van der Waals surface area contributed by atoms with Crippen LogP contribution in [-0.2, 0) is 4.74 Å². The number of hydrogen-bond acceptors (Lipinski definition) is 3. The number of ether oxygens (including phenoxy) is 1. The highest BCUT2D eigenvalue weighted by Crippen LogP contribution is 2.31. The van der Waals surface area contributed by atoms with E-state index in [9.17, 15) is 0 Å². The van der Waals surface area contributed by atoms with Crippen molar-refractivity contribution < 1.29 is 4.74 Å². The van der Waals surface area contributed by atoms with E-state index in [2.05, 4.69) is 48.3 Å². The van der Waals surface area contributed by atoms with Crippen LogP contribution in [0.2, 0.25) is 0 Å².